The van der Waals surface area contributed by atoms with Crippen molar-refractivity contribution in [3.05, 3.63) is 0 Å². The van der Waals surface area contributed by atoms with E-state index in [0.717, 1.165) is 0 Å². The summed E-state index contributed by atoms with van der Waals surface area (Å²) in [4.78, 5) is 13.4. The number of carbonyl (C=O) groups is 1. The van der Waals surface area contributed by atoms with Gasteiger partial charge in [0, 0.05) is 5.41 Å². The maximum Gasteiger partial charge on any atom is 0.411 e. The summed E-state index contributed by atoms with van der Waals surface area (Å²) in [5, 5.41) is 0. The number of nitrogens with zero attached hydrogens (tertiary/aromatic N) is 1. The van der Waals surface area contributed by atoms with Crippen molar-refractivity contribution in [1.82, 2.24) is 4.90 Å². The zero-order valence-corrected chi connectivity index (χ0v) is 11.3. The van der Waals surface area contributed by atoms with E-state index in [1.807, 2.05) is 20.8 Å². The zero-order chi connectivity index (χ0) is 13.3. The van der Waals surface area contributed by atoms with E-state index in [9.17, 15) is 4.79 Å². The summed E-state index contributed by atoms with van der Waals surface area (Å²) in [6.07, 6.45) is -0.934. The molecule has 6 nitrogen and oxygen atoms in total. The first kappa shape index (κ1) is 13.6. The second-order valence-electron chi connectivity index (χ2n) is 5.71. The number of ether oxygens (including phenoxy) is 4. The van der Waals surface area contributed by atoms with E-state index in [4.69, 9.17) is 18.9 Å². The van der Waals surface area contributed by atoms with Gasteiger partial charge < -0.3 is 18.9 Å². The quantitative estimate of drug-likeness (QED) is 0.708. The molecule has 2 rings (SSSR count). The molecule has 3 unspecified atom stereocenters. The molecule has 6 heteroatoms. The summed E-state index contributed by atoms with van der Waals surface area (Å²) in [7, 11) is 1.38. The van der Waals surface area contributed by atoms with E-state index in [2.05, 4.69) is 0 Å². The van der Waals surface area contributed by atoms with Crippen molar-refractivity contribution >= 4 is 6.09 Å². The Bertz CT molecular complexity index is 308. The normalized spacial score (nSPS) is 32.9. The maximum atomic E-state index is 11.8. The molecule has 0 saturated carbocycles. The van der Waals surface area contributed by atoms with Gasteiger partial charge in [-0.15, -0.1) is 0 Å². The Labute approximate surface area is 107 Å². The standard InChI is InChI=1S/C12H21NO5/c1-12(2,3)10-13(11(14)15-4)5-8(18-10)9-6-16-7-17-9/h8-10H,5-7H2,1-4H3. The van der Waals surface area contributed by atoms with Gasteiger partial charge in [0.25, 0.3) is 0 Å². The van der Waals surface area contributed by atoms with Crippen molar-refractivity contribution in [2.45, 2.75) is 39.2 Å². The second-order valence-corrected chi connectivity index (χ2v) is 5.71. The van der Waals surface area contributed by atoms with E-state index in [0.29, 0.717) is 19.9 Å². The Balaban J connectivity index is 2.09. The van der Waals surface area contributed by atoms with Crippen LogP contribution < -0.4 is 0 Å². The molecule has 2 saturated heterocycles. The smallest absolute Gasteiger partial charge is 0.411 e. The second kappa shape index (κ2) is 5.03. The molecule has 0 radical (unpaired) electrons. The molecule has 2 fully saturated rings. The van der Waals surface area contributed by atoms with Crippen LogP contribution in [0.5, 0.6) is 0 Å². The molecule has 0 N–H and O–H groups in total. The van der Waals surface area contributed by atoms with Crippen LogP contribution in [-0.2, 0) is 18.9 Å². The lowest BCUT2D eigenvalue weighted by atomic mass is 9.94. The number of hydrogen-bond acceptors (Lipinski definition) is 5. The first-order valence-corrected chi connectivity index (χ1v) is 6.13. The predicted octanol–water partition coefficient (Wildman–Crippen LogP) is 1.20. The molecule has 2 aliphatic heterocycles. The lowest BCUT2D eigenvalue weighted by Gasteiger charge is -2.32. The van der Waals surface area contributed by atoms with Crippen molar-refractivity contribution in [3.8, 4) is 0 Å². The third kappa shape index (κ3) is 2.60. The number of amides is 1. The molecule has 0 bridgehead atoms. The van der Waals surface area contributed by atoms with Crippen molar-refractivity contribution in [2.75, 3.05) is 27.1 Å². The van der Waals surface area contributed by atoms with Crippen molar-refractivity contribution in [3.63, 3.8) is 0 Å². The first-order valence-electron chi connectivity index (χ1n) is 6.13. The maximum absolute atomic E-state index is 11.8. The third-order valence-electron chi connectivity index (χ3n) is 3.18. The van der Waals surface area contributed by atoms with Crippen LogP contribution in [-0.4, -0.2) is 56.5 Å². The molecule has 0 aromatic heterocycles. The van der Waals surface area contributed by atoms with Gasteiger partial charge in [0.05, 0.1) is 20.3 Å². The Morgan fingerprint density at radius 2 is 2.06 bits per heavy atom. The van der Waals surface area contributed by atoms with Gasteiger partial charge in [-0.2, -0.15) is 0 Å². The fourth-order valence-electron chi connectivity index (χ4n) is 2.30. The zero-order valence-electron chi connectivity index (χ0n) is 11.3. The Hall–Kier alpha value is -0.850. The van der Waals surface area contributed by atoms with Gasteiger partial charge in [0.2, 0.25) is 0 Å². The van der Waals surface area contributed by atoms with E-state index < -0.39 is 0 Å². The summed E-state index contributed by atoms with van der Waals surface area (Å²) in [5.74, 6) is 0. The molecule has 2 heterocycles. The van der Waals surface area contributed by atoms with Crippen molar-refractivity contribution in [1.29, 1.82) is 0 Å². The summed E-state index contributed by atoms with van der Waals surface area (Å²) in [6, 6.07) is 0. The SMILES string of the molecule is COC(=O)N1CC(C2COCO2)OC1C(C)(C)C. The van der Waals surface area contributed by atoms with Crippen LogP contribution in [0.25, 0.3) is 0 Å². The predicted molar refractivity (Wildman–Crippen MR) is 62.9 cm³/mol. The molecule has 1 amide bonds. The lowest BCUT2D eigenvalue weighted by Crippen LogP contribution is -2.43. The van der Waals surface area contributed by atoms with Gasteiger partial charge in [-0.05, 0) is 0 Å². The lowest BCUT2D eigenvalue weighted by molar-refractivity contribution is -0.0932. The Morgan fingerprint density at radius 3 is 2.56 bits per heavy atom. The van der Waals surface area contributed by atoms with Gasteiger partial charge in [-0.25, -0.2) is 4.79 Å². The average Bonchev–Trinajstić information content (AvgIpc) is 2.94. The minimum absolute atomic E-state index is 0.107. The van der Waals surface area contributed by atoms with Crippen LogP contribution in [0.15, 0.2) is 0 Å². The number of hydrogen-bond donors (Lipinski definition) is 0. The summed E-state index contributed by atoms with van der Waals surface area (Å²) >= 11 is 0. The van der Waals surface area contributed by atoms with Crippen LogP contribution in [0.1, 0.15) is 20.8 Å². The minimum atomic E-state index is -0.364. The van der Waals surface area contributed by atoms with Crippen molar-refractivity contribution in [2.24, 2.45) is 5.41 Å². The van der Waals surface area contributed by atoms with E-state index >= 15 is 0 Å². The highest BCUT2D eigenvalue weighted by atomic mass is 16.7. The van der Waals surface area contributed by atoms with Crippen LogP contribution in [0.2, 0.25) is 0 Å². The molecule has 0 spiro atoms. The van der Waals surface area contributed by atoms with Gasteiger partial charge in [-0.3, -0.25) is 4.90 Å². The molecule has 2 aliphatic rings. The van der Waals surface area contributed by atoms with Gasteiger partial charge >= 0.3 is 6.09 Å². The first-order chi connectivity index (χ1) is 8.43. The van der Waals surface area contributed by atoms with Crippen LogP contribution >= 0.6 is 0 Å². The molecule has 18 heavy (non-hydrogen) atoms. The third-order valence-corrected chi connectivity index (χ3v) is 3.18. The molecule has 3 atom stereocenters. The van der Waals surface area contributed by atoms with Crippen LogP contribution in [0.3, 0.4) is 0 Å². The molecule has 0 aromatic rings. The molecule has 0 aliphatic carbocycles. The molecule has 104 valence electrons. The van der Waals surface area contributed by atoms with E-state index in [1.54, 1.807) is 4.90 Å². The number of carbonyl (C=O) groups excluding carboxylic acids is 1. The van der Waals surface area contributed by atoms with Gasteiger partial charge in [-0.1, -0.05) is 20.8 Å². The Kier molecular flexibility index (Phi) is 3.79. The Morgan fingerprint density at radius 1 is 1.33 bits per heavy atom. The highest BCUT2D eigenvalue weighted by molar-refractivity contribution is 5.68. The summed E-state index contributed by atoms with van der Waals surface area (Å²) in [6.45, 7) is 7.37. The fraction of sp³-hybridized carbons (Fsp3) is 0.917. The topological polar surface area (TPSA) is 57.2 Å². The van der Waals surface area contributed by atoms with Crippen LogP contribution in [0.4, 0.5) is 4.79 Å². The number of rotatable bonds is 1. The molecule has 0 aromatic carbocycles. The summed E-state index contributed by atoms with van der Waals surface area (Å²) in [5.41, 5.74) is -0.178. The monoisotopic (exact) mass is 259 g/mol. The van der Waals surface area contributed by atoms with Gasteiger partial charge in [0.15, 0.2) is 0 Å². The van der Waals surface area contributed by atoms with Gasteiger partial charge in [0.1, 0.15) is 25.2 Å². The molecular formula is C12H21NO5. The van der Waals surface area contributed by atoms with E-state index in [1.165, 1.54) is 7.11 Å². The van der Waals surface area contributed by atoms with Crippen LogP contribution in [0, 0.1) is 5.41 Å². The molecular weight excluding hydrogens is 238 g/mol. The average molecular weight is 259 g/mol. The largest absolute Gasteiger partial charge is 0.453 e. The summed E-state index contributed by atoms with van der Waals surface area (Å²) < 4.78 is 21.4. The van der Waals surface area contributed by atoms with E-state index in [-0.39, 0.29) is 29.9 Å². The minimum Gasteiger partial charge on any atom is -0.453 e. The number of methoxy groups -OCH3 is 1. The highest BCUT2D eigenvalue weighted by Crippen LogP contribution is 2.33. The van der Waals surface area contributed by atoms with Crippen molar-refractivity contribution < 1.29 is 23.7 Å². The fourth-order valence-corrected chi connectivity index (χ4v) is 2.30. The highest BCUT2D eigenvalue weighted by Gasteiger charge is 2.46.